The molecule has 2 aliphatic rings. The first-order chi connectivity index (χ1) is 8.65. The van der Waals surface area contributed by atoms with Gasteiger partial charge in [-0.2, -0.15) is 5.43 Å². The molecule has 0 aromatic rings. The average Bonchev–Trinajstić information content (AvgIpc) is 2.36. The predicted octanol–water partition coefficient (Wildman–Crippen LogP) is -0.0154. The summed E-state index contributed by atoms with van der Waals surface area (Å²) in [5.41, 5.74) is 6.45. The Morgan fingerprint density at radius 2 is 2.17 bits per heavy atom. The highest BCUT2D eigenvalue weighted by atomic mass is 32.2. The fourth-order valence-electron chi connectivity index (χ4n) is 2.56. The van der Waals surface area contributed by atoms with Gasteiger partial charge in [0.1, 0.15) is 5.70 Å². The van der Waals surface area contributed by atoms with E-state index in [4.69, 9.17) is 0 Å². The number of rotatable bonds is 4. The van der Waals surface area contributed by atoms with E-state index in [0.29, 0.717) is 11.7 Å². The van der Waals surface area contributed by atoms with Crippen LogP contribution >= 0.6 is 11.8 Å². The second kappa shape index (κ2) is 5.95. The molecule has 5 nitrogen and oxygen atoms in total. The maximum Gasteiger partial charge on any atom is 0.297 e. The lowest BCUT2D eigenvalue weighted by molar-refractivity contribution is -0.746. The lowest BCUT2D eigenvalue weighted by Crippen LogP contribution is -3.08. The third kappa shape index (κ3) is 3.18. The van der Waals surface area contributed by atoms with E-state index in [1.165, 1.54) is 32.1 Å². The van der Waals surface area contributed by atoms with Gasteiger partial charge in [0.05, 0.1) is 6.04 Å². The van der Waals surface area contributed by atoms with Crippen molar-refractivity contribution in [3.05, 3.63) is 12.3 Å². The summed E-state index contributed by atoms with van der Waals surface area (Å²) >= 11 is 1.70. The normalized spacial score (nSPS) is 29.8. The van der Waals surface area contributed by atoms with E-state index in [0.717, 1.165) is 5.75 Å². The van der Waals surface area contributed by atoms with Crippen LogP contribution in [0.3, 0.4) is 0 Å². The third-order valence-electron chi connectivity index (χ3n) is 3.46. The Kier molecular flexibility index (Phi) is 4.53. The Labute approximate surface area is 113 Å². The van der Waals surface area contributed by atoms with Gasteiger partial charge < -0.3 is 5.43 Å². The molecular formula is C12H23N4OS+. The maximum atomic E-state index is 11.8. The number of carbonyl (C=O) groups is 1. The van der Waals surface area contributed by atoms with E-state index in [9.17, 15) is 4.79 Å². The van der Waals surface area contributed by atoms with Crippen molar-refractivity contribution in [2.75, 3.05) is 5.75 Å². The van der Waals surface area contributed by atoms with Crippen LogP contribution < -0.4 is 21.5 Å². The van der Waals surface area contributed by atoms with Crippen LogP contribution in [0.1, 0.15) is 39.0 Å². The van der Waals surface area contributed by atoms with Crippen LogP contribution in [0.15, 0.2) is 12.3 Å². The first-order valence-corrected chi connectivity index (χ1v) is 7.68. The molecule has 2 fully saturated rings. The highest BCUT2D eigenvalue weighted by Crippen LogP contribution is 2.19. The minimum absolute atomic E-state index is 0.123. The molecule has 5 N–H and O–H groups in total. The van der Waals surface area contributed by atoms with E-state index in [-0.39, 0.29) is 5.91 Å². The molecule has 1 atom stereocenters. The molecule has 0 bridgehead atoms. The number of quaternary nitrogens is 1. The molecule has 1 heterocycles. The highest BCUT2D eigenvalue weighted by Gasteiger charge is 2.42. The quantitative estimate of drug-likeness (QED) is 0.429. The SMILES string of the molecule is C=C1NNC([NH2+]C2CCCCC2)(SCC)NC1=O. The average molecular weight is 271 g/mol. The summed E-state index contributed by atoms with van der Waals surface area (Å²) in [5.74, 6) is 0.812. The second-order valence-corrected chi connectivity index (χ2v) is 6.43. The van der Waals surface area contributed by atoms with Crippen molar-refractivity contribution in [2.24, 2.45) is 0 Å². The number of nitrogens with two attached hydrogens (primary N) is 1. The molecule has 1 saturated carbocycles. The number of hydrogen-bond donors (Lipinski definition) is 4. The molecule has 102 valence electrons. The van der Waals surface area contributed by atoms with Gasteiger partial charge in [0.25, 0.3) is 11.0 Å². The Balaban J connectivity index is 2.01. The first kappa shape index (κ1) is 13.7. The fourth-order valence-corrected chi connectivity index (χ4v) is 3.60. The molecule has 0 radical (unpaired) electrons. The van der Waals surface area contributed by atoms with Crippen LogP contribution in [-0.4, -0.2) is 22.8 Å². The van der Waals surface area contributed by atoms with Crippen LogP contribution in [0.2, 0.25) is 0 Å². The molecule has 0 aromatic carbocycles. The van der Waals surface area contributed by atoms with E-state index in [1.54, 1.807) is 11.8 Å². The van der Waals surface area contributed by atoms with Gasteiger partial charge in [-0.1, -0.05) is 31.7 Å². The maximum absolute atomic E-state index is 11.8. The molecule has 1 aliphatic carbocycles. The number of hydrogen-bond acceptors (Lipinski definition) is 4. The van der Waals surface area contributed by atoms with Crippen LogP contribution in [-0.2, 0) is 4.79 Å². The Hall–Kier alpha value is -0.720. The smallest absolute Gasteiger partial charge is 0.297 e. The van der Waals surface area contributed by atoms with Crippen LogP contribution in [0.4, 0.5) is 0 Å². The minimum Gasteiger partial charge on any atom is -0.310 e. The van der Waals surface area contributed by atoms with Gasteiger partial charge in [0.2, 0.25) is 0 Å². The summed E-state index contributed by atoms with van der Waals surface area (Å²) in [7, 11) is 0. The molecule has 1 saturated heterocycles. The van der Waals surface area contributed by atoms with Crippen molar-refractivity contribution >= 4 is 17.7 Å². The molecule has 1 unspecified atom stereocenters. The van der Waals surface area contributed by atoms with Crippen LogP contribution in [0, 0.1) is 0 Å². The summed E-state index contributed by atoms with van der Waals surface area (Å²) in [6, 6.07) is 0.582. The fraction of sp³-hybridized carbons (Fsp3) is 0.750. The van der Waals surface area contributed by atoms with Gasteiger partial charge in [0, 0.05) is 0 Å². The number of amides is 1. The molecule has 0 spiro atoms. The highest BCUT2D eigenvalue weighted by molar-refractivity contribution is 8.00. The summed E-state index contributed by atoms with van der Waals surface area (Å²) in [6.07, 6.45) is 6.38. The van der Waals surface area contributed by atoms with Crippen molar-refractivity contribution in [3.8, 4) is 0 Å². The zero-order valence-electron chi connectivity index (χ0n) is 10.9. The number of thioether (sulfide) groups is 1. The van der Waals surface area contributed by atoms with Crippen LogP contribution in [0.25, 0.3) is 0 Å². The van der Waals surface area contributed by atoms with Gasteiger partial charge in [0.15, 0.2) is 0 Å². The molecule has 0 aromatic heterocycles. The van der Waals surface area contributed by atoms with E-state index < -0.39 is 5.12 Å². The zero-order valence-corrected chi connectivity index (χ0v) is 11.7. The first-order valence-electron chi connectivity index (χ1n) is 6.70. The van der Waals surface area contributed by atoms with E-state index in [2.05, 4.69) is 35.0 Å². The number of nitrogens with one attached hydrogen (secondary N) is 3. The molecule has 2 rings (SSSR count). The third-order valence-corrected chi connectivity index (χ3v) is 4.55. The van der Waals surface area contributed by atoms with Gasteiger partial charge in [-0.3, -0.25) is 15.4 Å². The topological polar surface area (TPSA) is 69.8 Å². The van der Waals surface area contributed by atoms with Crippen molar-refractivity contribution in [1.29, 1.82) is 0 Å². The summed E-state index contributed by atoms with van der Waals surface area (Å²) < 4.78 is 0. The van der Waals surface area contributed by atoms with Gasteiger partial charge >= 0.3 is 0 Å². The largest absolute Gasteiger partial charge is 0.310 e. The Morgan fingerprint density at radius 1 is 1.44 bits per heavy atom. The second-order valence-electron chi connectivity index (χ2n) is 4.92. The lowest BCUT2D eigenvalue weighted by Gasteiger charge is -2.39. The van der Waals surface area contributed by atoms with Gasteiger partial charge in [-0.15, -0.1) is 0 Å². The standard InChI is InChI=1S/C12H22N4OS/c1-3-18-12(13-10-7-5-4-6-8-10)14-11(17)9(2)15-16-12/h10,13,15-16H,2-8H2,1H3,(H,14,17)/p+1. The summed E-state index contributed by atoms with van der Waals surface area (Å²) in [4.78, 5) is 11.8. The minimum atomic E-state index is -0.491. The van der Waals surface area contributed by atoms with Gasteiger partial charge in [-0.05, 0) is 31.4 Å². The van der Waals surface area contributed by atoms with Crippen molar-refractivity contribution in [3.63, 3.8) is 0 Å². The number of carbonyl (C=O) groups excluding carboxylic acids is 1. The molecule has 1 amide bonds. The molecule has 6 heteroatoms. The van der Waals surface area contributed by atoms with Crippen molar-refractivity contribution < 1.29 is 10.1 Å². The monoisotopic (exact) mass is 271 g/mol. The van der Waals surface area contributed by atoms with Crippen molar-refractivity contribution in [1.82, 2.24) is 16.2 Å². The summed E-state index contributed by atoms with van der Waals surface area (Å²) in [5, 5.41) is 4.79. The van der Waals surface area contributed by atoms with Gasteiger partial charge in [-0.25, -0.2) is 0 Å². The molecule has 18 heavy (non-hydrogen) atoms. The zero-order chi connectivity index (χ0) is 13.0. The lowest BCUT2D eigenvalue weighted by atomic mass is 9.95. The molecule has 1 aliphatic heterocycles. The summed E-state index contributed by atoms with van der Waals surface area (Å²) in [6.45, 7) is 5.75. The van der Waals surface area contributed by atoms with Crippen LogP contribution in [0.5, 0.6) is 0 Å². The predicted molar refractivity (Wildman–Crippen MR) is 73.2 cm³/mol. The molecular weight excluding hydrogens is 248 g/mol. The Bertz CT molecular complexity index is 330. The number of hydrazine groups is 1. The Morgan fingerprint density at radius 3 is 2.78 bits per heavy atom. The van der Waals surface area contributed by atoms with E-state index >= 15 is 0 Å². The van der Waals surface area contributed by atoms with E-state index in [1.807, 2.05) is 0 Å². The van der Waals surface area contributed by atoms with Crippen molar-refractivity contribution in [2.45, 2.75) is 50.2 Å².